The third-order valence-electron chi connectivity index (χ3n) is 3.39. The Kier molecular flexibility index (Phi) is 5.00. The number of halogens is 3. The molecule has 5 nitrogen and oxygen atoms in total. The van der Waals surface area contributed by atoms with Crippen LogP contribution in [0.2, 0.25) is 0 Å². The molecule has 1 aliphatic rings. The van der Waals surface area contributed by atoms with Crippen LogP contribution in [0.4, 0.5) is 18.3 Å². The summed E-state index contributed by atoms with van der Waals surface area (Å²) in [4.78, 5) is 3.87. The molecule has 1 saturated heterocycles. The highest BCUT2D eigenvalue weighted by atomic mass is 32.1. The first kappa shape index (κ1) is 16.0. The molecular weight excluding hydrogens is 303 g/mol. The van der Waals surface area contributed by atoms with Crippen LogP contribution in [0, 0.1) is 11.3 Å². The lowest BCUT2D eigenvalue weighted by Gasteiger charge is -2.36. The number of piperazine rings is 1. The highest BCUT2D eigenvalue weighted by Crippen LogP contribution is 2.34. The third kappa shape index (κ3) is 3.83. The summed E-state index contributed by atoms with van der Waals surface area (Å²) in [6.07, 6.45) is -2.69. The molecule has 9 heteroatoms. The zero-order valence-corrected chi connectivity index (χ0v) is 12.4. The molecule has 0 aromatic carbocycles. The number of hydrogen-bond donors (Lipinski definition) is 0. The van der Waals surface area contributed by atoms with Gasteiger partial charge in [-0.05, 0) is 6.42 Å². The summed E-state index contributed by atoms with van der Waals surface area (Å²) in [5, 5.41) is 15.3. The van der Waals surface area contributed by atoms with Gasteiger partial charge in [0.2, 0.25) is 10.1 Å². The van der Waals surface area contributed by atoms with Crippen molar-refractivity contribution in [3.63, 3.8) is 0 Å². The highest BCUT2D eigenvalue weighted by molar-refractivity contribution is 7.15. The van der Waals surface area contributed by atoms with Gasteiger partial charge < -0.3 is 4.90 Å². The van der Waals surface area contributed by atoms with Gasteiger partial charge >= 0.3 is 6.18 Å². The van der Waals surface area contributed by atoms with Crippen molar-refractivity contribution in [2.45, 2.75) is 32.0 Å². The van der Waals surface area contributed by atoms with Crippen LogP contribution in [0.1, 0.15) is 24.8 Å². The van der Waals surface area contributed by atoms with Gasteiger partial charge in [0.15, 0.2) is 0 Å². The second-order valence-corrected chi connectivity index (χ2v) is 5.80. The van der Waals surface area contributed by atoms with Gasteiger partial charge in [-0.3, -0.25) is 4.90 Å². The van der Waals surface area contributed by atoms with E-state index in [1.807, 2.05) is 6.92 Å². The van der Waals surface area contributed by atoms with Crippen molar-refractivity contribution < 1.29 is 13.2 Å². The standard InChI is InChI=1S/C12H16F3N5S/c1-2-3-9(8-16)19-4-6-20(7-5-19)11-18-17-10(21-11)12(13,14)15/h9H,2-7H2,1H3. The lowest BCUT2D eigenvalue weighted by molar-refractivity contribution is -0.138. The van der Waals surface area contributed by atoms with Crippen molar-refractivity contribution in [2.24, 2.45) is 0 Å². The van der Waals surface area contributed by atoms with Crippen LogP contribution in [0.5, 0.6) is 0 Å². The second kappa shape index (κ2) is 6.58. The molecule has 1 atom stereocenters. The van der Waals surface area contributed by atoms with Gasteiger partial charge in [-0.25, -0.2) is 0 Å². The largest absolute Gasteiger partial charge is 0.445 e. The zero-order chi connectivity index (χ0) is 15.5. The minimum Gasteiger partial charge on any atom is -0.344 e. The fourth-order valence-electron chi connectivity index (χ4n) is 2.28. The Morgan fingerprint density at radius 2 is 1.95 bits per heavy atom. The van der Waals surface area contributed by atoms with Crippen molar-refractivity contribution in [2.75, 3.05) is 31.1 Å². The fraction of sp³-hybridized carbons (Fsp3) is 0.750. The van der Waals surface area contributed by atoms with E-state index in [0.29, 0.717) is 42.6 Å². The van der Waals surface area contributed by atoms with Crippen molar-refractivity contribution in [1.29, 1.82) is 5.26 Å². The number of rotatable bonds is 4. The molecule has 0 spiro atoms. The van der Waals surface area contributed by atoms with E-state index in [0.717, 1.165) is 12.8 Å². The van der Waals surface area contributed by atoms with E-state index in [2.05, 4.69) is 21.2 Å². The first-order chi connectivity index (χ1) is 9.95. The van der Waals surface area contributed by atoms with Crippen LogP contribution in [0.3, 0.4) is 0 Å². The first-order valence-corrected chi connectivity index (χ1v) is 7.56. The van der Waals surface area contributed by atoms with Crippen LogP contribution in [-0.4, -0.2) is 47.3 Å². The molecule has 0 radical (unpaired) electrons. The normalized spacial score (nSPS) is 18.5. The number of nitriles is 1. The zero-order valence-electron chi connectivity index (χ0n) is 11.6. The van der Waals surface area contributed by atoms with Crippen molar-refractivity contribution >= 4 is 16.5 Å². The number of anilines is 1. The molecule has 0 N–H and O–H groups in total. The predicted octanol–water partition coefficient (Wildman–Crippen LogP) is 2.37. The molecule has 1 aliphatic heterocycles. The minimum atomic E-state index is -4.44. The minimum absolute atomic E-state index is 0.114. The summed E-state index contributed by atoms with van der Waals surface area (Å²) >= 11 is 0.567. The lowest BCUT2D eigenvalue weighted by Crippen LogP contribution is -2.50. The SMILES string of the molecule is CCCC(C#N)N1CCN(c2nnc(C(F)(F)F)s2)CC1. The summed E-state index contributed by atoms with van der Waals surface area (Å²) in [6, 6.07) is 2.17. The number of aromatic nitrogens is 2. The van der Waals surface area contributed by atoms with Gasteiger partial charge in [0.25, 0.3) is 0 Å². The average molecular weight is 319 g/mol. The Morgan fingerprint density at radius 3 is 2.43 bits per heavy atom. The van der Waals surface area contributed by atoms with Crippen LogP contribution >= 0.6 is 11.3 Å². The van der Waals surface area contributed by atoms with Crippen molar-refractivity contribution in [1.82, 2.24) is 15.1 Å². The van der Waals surface area contributed by atoms with Crippen molar-refractivity contribution in [3.8, 4) is 6.07 Å². The van der Waals surface area contributed by atoms with Gasteiger partial charge in [-0.15, -0.1) is 10.2 Å². The highest BCUT2D eigenvalue weighted by Gasteiger charge is 2.36. The van der Waals surface area contributed by atoms with E-state index in [9.17, 15) is 13.2 Å². The van der Waals surface area contributed by atoms with Gasteiger partial charge in [0, 0.05) is 26.2 Å². The summed E-state index contributed by atoms with van der Waals surface area (Å²) in [5.74, 6) is 0. The Labute approximate surface area is 125 Å². The molecule has 1 unspecified atom stereocenters. The molecular formula is C12H16F3N5S. The molecule has 2 rings (SSSR count). The first-order valence-electron chi connectivity index (χ1n) is 6.75. The van der Waals surface area contributed by atoms with E-state index < -0.39 is 11.2 Å². The van der Waals surface area contributed by atoms with Gasteiger partial charge in [-0.2, -0.15) is 18.4 Å². The third-order valence-corrected chi connectivity index (χ3v) is 4.42. The molecule has 116 valence electrons. The second-order valence-electron chi connectivity index (χ2n) is 4.84. The maximum Gasteiger partial charge on any atom is 0.445 e. The summed E-state index contributed by atoms with van der Waals surface area (Å²) in [6.45, 7) is 4.46. The molecule has 1 fully saturated rings. The Balaban J connectivity index is 1.95. The Bertz CT molecular complexity index is 502. The van der Waals surface area contributed by atoms with E-state index in [1.54, 1.807) is 4.90 Å². The van der Waals surface area contributed by atoms with Crippen LogP contribution < -0.4 is 4.90 Å². The van der Waals surface area contributed by atoms with Crippen molar-refractivity contribution in [3.05, 3.63) is 5.01 Å². The molecule has 2 heterocycles. The fourth-order valence-corrected chi connectivity index (χ4v) is 3.05. The van der Waals surface area contributed by atoms with E-state index in [1.165, 1.54) is 0 Å². The smallest absolute Gasteiger partial charge is 0.344 e. The van der Waals surface area contributed by atoms with Crippen LogP contribution in [0.25, 0.3) is 0 Å². The molecule has 21 heavy (non-hydrogen) atoms. The van der Waals surface area contributed by atoms with Gasteiger partial charge in [-0.1, -0.05) is 24.7 Å². The van der Waals surface area contributed by atoms with Gasteiger partial charge in [0.1, 0.15) is 0 Å². The quantitative estimate of drug-likeness (QED) is 0.853. The Morgan fingerprint density at radius 1 is 1.29 bits per heavy atom. The van der Waals surface area contributed by atoms with E-state index in [-0.39, 0.29) is 6.04 Å². The molecule has 0 bridgehead atoms. The number of alkyl halides is 3. The van der Waals surface area contributed by atoms with E-state index in [4.69, 9.17) is 5.26 Å². The topological polar surface area (TPSA) is 56.1 Å². The number of nitrogens with zero attached hydrogens (tertiary/aromatic N) is 5. The monoisotopic (exact) mass is 319 g/mol. The summed E-state index contributed by atoms with van der Waals surface area (Å²) in [7, 11) is 0. The van der Waals surface area contributed by atoms with Crippen LogP contribution in [-0.2, 0) is 6.18 Å². The average Bonchev–Trinajstić information content (AvgIpc) is 2.95. The summed E-state index contributed by atoms with van der Waals surface area (Å²) in [5.41, 5.74) is 0. The molecule has 1 aromatic rings. The number of hydrogen-bond acceptors (Lipinski definition) is 6. The lowest BCUT2D eigenvalue weighted by atomic mass is 10.1. The molecule has 0 saturated carbocycles. The molecule has 0 amide bonds. The predicted molar refractivity (Wildman–Crippen MR) is 73.0 cm³/mol. The van der Waals surface area contributed by atoms with E-state index >= 15 is 0 Å². The Hall–Kier alpha value is -1.40. The summed E-state index contributed by atoms with van der Waals surface area (Å²) < 4.78 is 37.5. The maximum atomic E-state index is 12.5. The van der Waals surface area contributed by atoms with Gasteiger partial charge in [0.05, 0.1) is 12.1 Å². The van der Waals surface area contributed by atoms with Crippen LogP contribution in [0.15, 0.2) is 0 Å². The maximum absolute atomic E-state index is 12.5. The molecule has 1 aromatic heterocycles. The molecule has 0 aliphatic carbocycles.